The van der Waals surface area contributed by atoms with Gasteiger partial charge in [-0.05, 0) is 37.2 Å². The SMILES string of the molecule is CC1CC(C)CC(O)(c2c[nH]c3ccccc23)C1. The van der Waals surface area contributed by atoms with Gasteiger partial charge in [0.05, 0.1) is 5.60 Å². The minimum atomic E-state index is -0.656. The molecular formula is C16H21NO. The Hall–Kier alpha value is -1.28. The number of fused-ring (bicyclic) bond motifs is 1. The van der Waals surface area contributed by atoms with Crippen LogP contribution in [0, 0.1) is 11.8 Å². The van der Waals surface area contributed by atoms with E-state index in [1.54, 1.807) is 0 Å². The molecule has 1 saturated carbocycles. The summed E-state index contributed by atoms with van der Waals surface area (Å²) in [5.74, 6) is 1.18. The third-order valence-corrected chi connectivity index (χ3v) is 4.27. The Bertz CT molecular complexity index is 547. The highest BCUT2D eigenvalue weighted by atomic mass is 16.3. The second kappa shape index (κ2) is 4.13. The van der Waals surface area contributed by atoms with Gasteiger partial charge in [-0.3, -0.25) is 0 Å². The van der Waals surface area contributed by atoms with Crippen LogP contribution in [0.5, 0.6) is 0 Å². The zero-order valence-electron chi connectivity index (χ0n) is 11.1. The van der Waals surface area contributed by atoms with Crippen molar-refractivity contribution < 1.29 is 5.11 Å². The van der Waals surface area contributed by atoms with E-state index in [1.165, 1.54) is 11.8 Å². The minimum absolute atomic E-state index is 0.590. The van der Waals surface area contributed by atoms with Crippen LogP contribution >= 0.6 is 0 Å². The maximum Gasteiger partial charge on any atom is 0.0922 e. The number of benzene rings is 1. The molecule has 0 saturated heterocycles. The van der Waals surface area contributed by atoms with Crippen LogP contribution in [0.2, 0.25) is 0 Å². The van der Waals surface area contributed by atoms with Crippen LogP contribution < -0.4 is 0 Å². The fraction of sp³-hybridized carbons (Fsp3) is 0.500. The van der Waals surface area contributed by atoms with Crippen LogP contribution in [-0.2, 0) is 5.60 Å². The highest BCUT2D eigenvalue weighted by Gasteiger charge is 2.38. The van der Waals surface area contributed by atoms with Crippen LogP contribution in [0.3, 0.4) is 0 Å². The van der Waals surface area contributed by atoms with Crippen LogP contribution in [0.4, 0.5) is 0 Å². The first-order valence-corrected chi connectivity index (χ1v) is 6.87. The van der Waals surface area contributed by atoms with E-state index in [1.807, 2.05) is 18.3 Å². The summed E-state index contributed by atoms with van der Waals surface area (Å²) < 4.78 is 0. The number of aliphatic hydroxyl groups is 1. The van der Waals surface area contributed by atoms with Crippen molar-refractivity contribution in [2.45, 2.75) is 38.7 Å². The number of H-pyrrole nitrogens is 1. The first kappa shape index (κ1) is 11.8. The fourth-order valence-electron chi connectivity index (χ4n) is 3.77. The van der Waals surface area contributed by atoms with E-state index in [-0.39, 0.29) is 0 Å². The van der Waals surface area contributed by atoms with Crippen molar-refractivity contribution >= 4 is 10.9 Å². The zero-order chi connectivity index (χ0) is 12.8. The van der Waals surface area contributed by atoms with Gasteiger partial charge in [0.25, 0.3) is 0 Å². The Morgan fingerprint density at radius 1 is 1.17 bits per heavy atom. The Kier molecular flexibility index (Phi) is 2.70. The summed E-state index contributed by atoms with van der Waals surface area (Å²) in [6.07, 6.45) is 4.97. The molecule has 0 radical (unpaired) electrons. The van der Waals surface area contributed by atoms with Crippen molar-refractivity contribution in [3.05, 3.63) is 36.0 Å². The summed E-state index contributed by atoms with van der Waals surface area (Å²) in [7, 11) is 0. The lowest BCUT2D eigenvalue weighted by Gasteiger charge is -2.39. The van der Waals surface area contributed by atoms with Gasteiger partial charge in [-0.25, -0.2) is 0 Å². The quantitative estimate of drug-likeness (QED) is 0.785. The highest BCUT2D eigenvalue weighted by Crippen LogP contribution is 2.44. The summed E-state index contributed by atoms with van der Waals surface area (Å²) >= 11 is 0. The van der Waals surface area contributed by atoms with Gasteiger partial charge in [0.15, 0.2) is 0 Å². The van der Waals surface area contributed by atoms with Gasteiger partial charge in [0.1, 0.15) is 0 Å². The van der Waals surface area contributed by atoms with Crippen LogP contribution in [0.25, 0.3) is 10.9 Å². The number of nitrogens with one attached hydrogen (secondary N) is 1. The molecule has 2 atom stereocenters. The number of aromatic nitrogens is 1. The van der Waals surface area contributed by atoms with E-state index in [2.05, 4.69) is 31.0 Å². The number of aromatic amines is 1. The largest absolute Gasteiger partial charge is 0.385 e. The second-order valence-corrected chi connectivity index (χ2v) is 6.13. The predicted octanol–water partition coefficient (Wildman–Crippen LogP) is 3.81. The minimum Gasteiger partial charge on any atom is -0.385 e. The molecule has 18 heavy (non-hydrogen) atoms. The van der Waals surface area contributed by atoms with Crippen LogP contribution in [-0.4, -0.2) is 10.1 Å². The number of hydrogen-bond acceptors (Lipinski definition) is 1. The maximum absolute atomic E-state index is 11.1. The Balaban J connectivity index is 2.07. The van der Waals surface area contributed by atoms with Crippen LogP contribution in [0.1, 0.15) is 38.7 Å². The van der Waals surface area contributed by atoms with Gasteiger partial charge in [0, 0.05) is 22.7 Å². The molecule has 0 amide bonds. The first-order valence-electron chi connectivity index (χ1n) is 6.87. The van der Waals surface area contributed by atoms with Gasteiger partial charge in [-0.1, -0.05) is 32.0 Å². The lowest BCUT2D eigenvalue weighted by molar-refractivity contribution is -0.0350. The van der Waals surface area contributed by atoms with E-state index in [0.29, 0.717) is 11.8 Å². The number of rotatable bonds is 1. The van der Waals surface area contributed by atoms with Crippen molar-refractivity contribution in [2.24, 2.45) is 11.8 Å². The molecule has 1 aromatic heterocycles. The smallest absolute Gasteiger partial charge is 0.0922 e. The molecule has 2 nitrogen and oxygen atoms in total. The van der Waals surface area contributed by atoms with Crippen molar-refractivity contribution in [1.29, 1.82) is 0 Å². The highest BCUT2D eigenvalue weighted by molar-refractivity contribution is 5.84. The Morgan fingerprint density at radius 3 is 2.56 bits per heavy atom. The molecule has 96 valence electrons. The van der Waals surface area contributed by atoms with E-state index in [9.17, 15) is 5.11 Å². The van der Waals surface area contributed by atoms with E-state index in [0.717, 1.165) is 23.9 Å². The topological polar surface area (TPSA) is 36.0 Å². The van der Waals surface area contributed by atoms with E-state index >= 15 is 0 Å². The number of para-hydroxylation sites is 1. The first-order chi connectivity index (χ1) is 8.58. The molecule has 1 heterocycles. The van der Waals surface area contributed by atoms with E-state index in [4.69, 9.17) is 0 Å². The monoisotopic (exact) mass is 243 g/mol. The lowest BCUT2D eigenvalue weighted by Crippen LogP contribution is -2.35. The molecule has 1 aliphatic carbocycles. The maximum atomic E-state index is 11.1. The average Bonchev–Trinajstić information content (AvgIpc) is 2.71. The van der Waals surface area contributed by atoms with Crippen LogP contribution in [0.15, 0.2) is 30.5 Å². The summed E-state index contributed by atoms with van der Waals surface area (Å²) in [5.41, 5.74) is 1.54. The van der Waals surface area contributed by atoms with Crippen molar-refractivity contribution in [3.63, 3.8) is 0 Å². The summed E-state index contributed by atoms with van der Waals surface area (Å²) in [6, 6.07) is 8.23. The molecule has 1 aromatic carbocycles. The Morgan fingerprint density at radius 2 is 1.83 bits per heavy atom. The van der Waals surface area contributed by atoms with Crippen molar-refractivity contribution in [2.75, 3.05) is 0 Å². The van der Waals surface area contributed by atoms with E-state index < -0.39 is 5.60 Å². The lowest BCUT2D eigenvalue weighted by atomic mass is 9.71. The zero-order valence-corrected chi connectivity index (χ0v) is 11.1. The third-order valence-electron chi connectivity index (χ3n) is 4.27. The summed E-state index contributed by atoms with van der Waals surface area (Å²) in [5, 5.41) is 12.2. The van der Waals surface area contributed by atoms with Gasteiger partial charge < -0.3 is 10.1 Å². The molecule has 2 aromatic rings. The standard InChI is InChI=1S/C16H21NO/c1-11-7-12(2)9-16(18,8-11)14-10-17-15-6-4-3-5-13(14)15/h3-6,10-12,17-18H,7-9H2,1-2H3. The molecule has 2 heteroatoms. The normalized spacial score (nSPS) is 32.8. The van der Waals surface area contributed by atoms with Gasteiger partial charge in [-0.15, -0.1) is 0 Å². The molecule has 3 rings (SSSR count). The Labute approximate surface area is 108 Å². The fourth-order valence-corrected chi connectivity index (χ4v) is 3.77. The summed E-state index contributed by atoms with van der Waals surface area (Å²) in [4.78, 5) is 3.28. The molecular weight excluding hydrogens is 222 g/mol. The molecule has 1 fully saturated rings. The predicted molar refractivity (Wildman–Crippen MR) is 74.4 cm³/mol. The van der Waals surface area contributed by atoms with Crippen molar-refractivity contribution in [1.82, 2.24) is 4.98 Å². The molecule has 2 unspecified atom stereocenters. The number of hydrogen-bond donors (Lipinski definition) is 2. The molecule has 1 aliphatic rings. The van der Waals surface area contributed by atoms with Gasteiger partial charge in [0.2, 0.25) is 0 Å². The van der Waals surface area contributed by atoms with Gasteiger partial charge in [-0.2, -0.15) is 0 Å². The summed E-state index contributed by atoms with van der Waals surface area (Å²) in [6.45, 7) is 4.49. The average molecular weight is 243 g/mol. The van der Waals surface area contributed by atoms with Crippen molar-refractivity contribution in [3.8, 4) is 0 Å². The van der Waals surface area contributed by atoms with Gasteiger partial charge >= 0.3 is 0 Å². The molecule has 0 aliphatic heterocycles. The third kappa shape index (κ3) is 1.85. The molecule has 0 spiro atoms. The molecule has 2 N–H and O–H groups in total. The molecule has 0 bridgehead atoms. The second-order valence-electron chi connectivity index (χ2n) is 6.13.